The average molecular weight is 549 g/mol. The van der Waals surface area contributed by atoms with Crippen molar-refractivity contribution in [2.45, 2.75) is 17.1 Å². The number of thioether (sulfide) groups is 1. The Morgan fingerprint density at radius 3 is 2.34 bits per heavy atom. The van der Waals surface area contributed by atoms with Crippen molar-refractivity contribution in [3.8, 4) is 0 Å². The monoisotopic (exact) mass is 548 g/mol. The summed E-state index contributed by atoms with van der Waals surface area (Å²) in [6, 6.07) is 28.5. The number of benzene rings is 4. The molecule has 0 saturated heterocycles. The van der Waals surface area contributed by atoms with Gasteiger partial charge in [-0.15, -0.1) is 11.8 Å². The maximum absolute atomic E-state index is 14.4. The van der Waals surface area contributed by atoms with Crippen molar-refractivity contribution in [2.24, 2.45) is 0 Å². The van der Waals surface area contributed by atoms with Gasteiger partial charge < -0.3 is 10.6 Å². The van der Waals surface area contributed by atoms with Crippen LogP contribution in [-0.2, 0) is 4.79 Å². The Hall–Kier alpha value is -3.42. The quantitative estimate of drug-likeness (QED) is 0.233. The maximum Gasteiger partial charge on any atom is 0.255 e. The summed E-state index contributed by atoms with van der Waals surface area (Å²) >= 11 is 4.55. The van der Waals surface area contributed by atoms with Crippen LogP contribution in [0.5, 0.6) is 0 Å². The highest BCUT2D eigenvalue weighted by Gasteiger charge is 2.23. The van der Waals surface area contributed by atoms with Gasteiger partial charge in [-0.25, -0.2) is 4.39 Å². The van der Waals surface area contributed by atoms with Crippen LogP contribution in [0.25, 0.3) is 0 Å². The Morgan fingerprint density at radius 2 is 1.60 bits per heavy atom. The van der Waals surface area contributed by atoms with Crippen LogP contribution in [0.2, 0.25) is 0 Å². The topological polar surface area (TPSA) is 58.2 Å². The first-order valence-corrected chi connectivity index (χ1v) is 12.5. The van der Waals surface area contributed by atoms with Crippen molar-refractivity contribution in [3.05, 3.63) is 124 Å². The molecule has 1 unspecified atom stereocenters. The number of hydrogen-bond acceptors (Lipinski definition) is 3. The Kier molecular flexibility index (Phi) is 8.00. The van der Waals surface area contributed by atoms with Crippen LogP contribution in [-0.4, -0.2) is 11.8 Å². The molecule has 4 nitrogen and oxygen atoms in total. The summed E-state index contributed by atoms with van der Waals surface area (Å²) in [6.07, 6.45) is 0. The molecule has 0 radical (unpaired) electrons. The van der Waals surface area contributed by atoms with Gasteiger partial charge in [0.2, 0.25) is 5.91 Å². The predicted octanol–water partition coefficient (Wildman–Crippen LogP) is 7.62. The molecule has 0 fully saturated rings. The molecule has 1 atom stereocenters. The van der Waals surface area contributed by atoms with E-state index in [4.69, 9.17) is 0 Å². The van der Waals surface area contributed by atoms with Crippen molar-refractivity contribution in [3.63, 3.8) is 0 Å². The molecule has 0 saturated carbocycles. The zero-order chi connectivity index (χ0) is 24.8. The Labute approximate surface area is 216 Å². The van der Waals surface area contributed by atoms with Crippen molar-refractivity contribution in [2.75, 3.05) is 10.6 Å². The van der Waals surface area contributed by atoms with Crippen LogP contribution in [0.1, 0.15) is 26.7 Å². The van der Waals surface area contributed by atoms with Gasteiger partial charge in [0.15, 0.2) is 0 Å². The Balaban J connectivity index is 1.56. The zero-order valence-corrected chi connectivity index (χ0v) is 21.2. The summed E-state index contributed by atoms with van der Waals surface area (Å²) in [6.45, 7) is 1.89. The van der Waals surface area contributed by atoms with Gasteiger partial charge in [0.1, 0.15) is 11.1 Å². The minimum atomic E-state index is -0.637. The van der Waals surface area contributed by atoms with Gasteiger partial charge in [-0.2, -0.15) is 0 Å². The molecular formula is C28H22BrFN2O2S. The van der Waals surface area contributed by atoms with Gasteiger partial charge in [0, 0.05) is 20.6 Å². The largest absolute Gasteiger partial charge is 0.322 e. The minimum absolute atomic E-state index is 0.110. The minimum Gasteiger partial charge on any atom is -0.322 e. The standard InChI is InChI=1S/C28H22BrFN2O2S/c1-18-8-5-6-13-23(18)27(33)31-21-11-7-12-22(17-21)35-26(19-9-3-2-4-10-19)28(34)32-25-15-14-20(29)16-24(25)30/h2-17,26H,1H3,(H,31,33)(H,32,34). The normalized spacial score (nSPS) is 11.5. The number of amides is 2. The molecule has 0 aliphatic rings. The van der Waals surface area contributed by atoms with Gasteiger partial charge in [-0.05, 0) is 60.5 Å². The lowest BCUT2D eigenvalue weighted by Crippen LogP contribution is -2.19. The molecule has 7 heteroatoms. The molecule has 0 bridgehead atoms. The van der Waals surface area contributed by atoms with E-state index < -0.39 is 11.1 Å². The van der Waals surface area contributed by atoms with E-state index in [-0.39, 0.29) is 17.5 Å². The van der Waals surface area contributed by atoms with Crippen LogP contribution in [0.3, 0.4) is 0 Å². The number of anilines is 2. The molecule has 4 rings (SSSR count). The summed E-state index contributed by atoms with van der Waals surface area (Å²) in [4.78, 5) is 26.8. The lowest BCUT2D eigenvalue weighted by atomic mass is 10.1. The molecule has 0 aliphatic carbocycles. The van der Waals surface area contributed by atoms with Crippen LogP contribution in [0.4, 0.5) is 15.8 Å². The van der Waals surface area contributed by atoms with Crippen molar-refractivity contribution < 1.29 is 14.0 Å². The van der Waals surface area contributed by atoms with E-state index in [1.165, 1.54) is 23.9 Å². The van der Waals surface area contributed by atoms with Gasteiger partial charge in [0.25, 0.3) is 5.91 Å². The third-order valence-electron chi connectivity index (χ3n) is 5.26. The van der Waals surface area contributed by atoms with Crippen LogP contribution >= 0.6 is 27.7 Å². The second-order valence-corrected chi connectivity index (χ2v) is 9.91. The summed E-state index contributed by atoms with van der Waals surface area (Å²) in [5, 5.41) is 5.00. The fraction of sp³-hybridized carbons (Fsp3) is 0.0714. The summed E-state index contributed by atoms with van der Waals surface area (Å²) < 4.78 is 14.9. The SMILES string of the molecule is Cc1ccccc1C(=O)Nc1cccc(SC(C(=O)Nc2ccc(Br)cc2F)c2ccccc2)c1. The highest BCUT2D eigenvalue weighted by Crippen LogP contribution is 2.37. The predicted molar refractivity (Wildman–Crippen MR) is 143 cm³/mol. The second-order valence-electron chi connectivity index (χ2n) is 7.82. The Morgan fingerprint density at radius 1 is 0.857 bits per heavy atom. The molecule has 4 aromatic carbocycles. The maximum atomic E-state index is 14.4. The average Bonchev–Trinajstić information content (AvgIpc) is 2.85. The lowest BCUT2D eigenvalue weighted by Gasteiger charge is -2.18. The summed E-state index contributed by atoms with van der Waals surface area (Å²) in [5.41, 5.74) is 3.00. The third kappa shape index (κ3) is 6.38. The highest BCUT2D eigenvalue weighted by atomic mass is 79.9. The molecule has 4 aromatic rings. The van der Waals surface area contributed by atoms with Gasteiger partial charge in [-0.1, -0.05) is 70.5 Å². The first kappa shape index (κ1) is 24.7. The molecular weight excluding hydrogens is 527 g/mol. The molecule has 2 N–H and O–H groups in total. The fourth-order valence-corrected chi connectivity index (χ4v) is 4.92. The van der Waals surface area contributed by atoms with Crippen LogP contribution < -0.4 is 10.6 Å². The summed E-state index contributed by atoms with van der Waals surface area (Å²) in [5.74, 6) is -1.07. The smallest absolute Gasteiger partial charge is 0.255 e. The second kappa shape index (κ2) is 11.3. The molecule has 176 valence electrons. The molecule has 35 heavy (non-hydrogen) atoms. The number of carbonyl (C=O) groups excluding carboxylic acids is 2. The number of hydrogen-bond donors (Lipinski definition) is 2. The number of aryl methyl sites for hydroxylation is 1. The van der Waals surface area contributed by atoms with Crippen molar-refractivity contribution in [1.29, 1.82) is 0 Å². The Bertz CT molecular complexity index is 1360. The first-order valence-electron chi connectivity index (χ1n) is 10.9. The van der Waals surface area contributed by atoms with Gasteiger partial charge in [0.05, 0.1) is 5.69 Å². The first-order chi connectivity index (χ1) is 16.9. The van der Waals surface area contributed by atoms with E-state index in [0.717, 1.165) is 16.0 Å². The van der Waals surface area contributed by atoms with Gasteiger partial charge in [-0.3, -0.25) is 9.59 Å². The number of nitrogens with one attached hydrogen (secondary N) is 2. The number of halogens is 2. The van der Waals surface area contributed by atoms with E-state index in [9.17, 15) is 14.0 Å². The van der Waals surface area contributed by atoms with E-state index in [0.29, 0.717) is 15.7 Å². The van der Waals surface area contributed by atoms with Gasteiger partial charge >= 0.3 is 0 Å². The highest BCUT2D eigenvalue weighted by molar-refractivity contribution is 9.10. The van der Waals surface area contributed by atoms with Crippen molar-refractivity contribution in [1.82, 2.24) is 0 Å². The van der Waals surface area contributed by atoms with Crippen LogP contribution in [0.15, 0.2) is 106 Å². The number of rotatable bonds is 7. The molecule has 0 heterocycles. The lowest BCUT2D eigenvalue weighted by molar-refractivity contribution is -0.115. The summed E-state index contributed by atoms with van der Waals surface area (Å²) in [7, 11) is 0. The molecule has 2 amide bonds. The molecule has 0 spiro atoms. The number of carbonyl (C=O) groups is 2. The molecule has 0 aromatic heterocycles. The zero-order valence-electron chi connectivity index (χ0n) is 18.8. The van der Waals surface area contributed by atoms with Crippen LogP contribution in [0, 0.1) is 12.7 Å². The van der Waals surface area contributed by atoms with E-state index in [2.05, 4.69) is 26.6 Å². The van der Waals surface area contributed by atoms with E-state index >= 15 is 0 Å². The van der Waals surface area contributed by atoms with E-state index in [1.54, 1.807) is 18.2 Å². The fourth-order valence-electron chi connectivity index (χ4n) is 3.50. The van der Waals surface area contributed by atoms with Crippen molar-refractivity contribution >= 4 is 50.9 Å². The molecule has 0 aliphatic heterocycles. The van der Waals surface area contributed by atoms with E-state index in [1.807, 2.05) is 73.7 Å². The third-order valence-corrected chi connectivity index (χ3v) is 7.01.